The van der Waals surface area contributed by atoms with Gasteiger partial charge in [0.15, 0.2) is 0 Å². The zero-order valence-electron chi connectivity index (χ0n) is 9.03. The van der Waals surface area contributed by atoms with Crippen LogP contribution in [0.1, 0.15) is 25.6 Å². The first-order valence-electron chi connectivity index (χ1n) is 5.22. The minimum atomic E-state index is -0.217. The minimum Gasteiger partial charge on any atom is -0.352 e. The molecule has 15 heavy (non-hydrogen) atoms. The number of nitrogens with one attached hydrogen (secondary N) is 2. The minimum absolute atomic E-state index is 0.0298. The highest BCUT2D eigenvalue weighted by atomic mass is 16.2. The van der Waals surface area contributed by atoms with E-state index in [1.54, 1.807) is 10.9 Å². The molecule has 5 nitrogen and oxygen atoms in total. The van der Waals surface area contributed by atoms with Crippen molar-refractivity contribution in [2.45, 2.75) is 32.5 Å². The van der Waals surface area contributed by atoms with Crippen LogP contribution in [-0.4, -0.2) is 28.3 Å². The number of amides is 1. The lowest BCUT2D eigenvalue weighted by Gasteiger charge is -2.25. The summed E-state index contributed by atoms with van der Waals surface area (Å²) < 4.78 is 1.80. The summed E-state index contributed by atoms with van der Waals surface area (Å²) in [6.07, 6.45) is 1.73. The molecule has 1 aliphatic heterocycles. The van der Waals surface area contributed by atoms with E-state index in [0.717, 1.165) is 12.2 Å². The van der Waals surface area contributed by atoms with Gasteiger partial charge in [0.1, 0.15) is 6.04 Å². The zero-order valence-corrected chi connectivity index (χ0v) is 9.03. The molecule has 1 aliphatic rings. The fourth-order valence-electron chi connectivity index (χ4n) is 1.77. The Bertz CT molecular complexity index is 358. The van der Waals surface area contributed by atoms with E-state index < -0.39 is 0 Å². The SMILES string of the molecule is CC(C)NC(=O)C1CNCc2ccnn21. The maximum atomic E-state index is 11.9. The molecule has 82 valence electrons. The van der Waals surface area contributed by atoms with Crippen molar-refractivity contribution in [1.29, 1.82) is 0 Å². The maximum absolute atomic E-state index is 11.9. The van der Waals surface area contributed by atoms with Gasteiger partial charge in [0.05, 0.1) is 5.69 Å². The van der Waals surface area contributed by atoms with Crippen molar-refractivity contribution in [3.63, 3.8) is 0 Å². The van der Waals surface area contributed by atoms with Gasteiger partial charge < -0.3 is 10.6 Å². The number of carbonyl (C=O) groups is 1. The molecule has 0 bridgehead atoms. The van der Waals surface area contributed by atoms with Crippen molar-refractivity contribution in [2.24, 2.45) is 0 Å². The summed E-state index contributed by atoms with van der Waals surface area (Å²) in [5, 5.41) is 10.3. The molecule has 2 heterocycles. The molecule has 0 radical (unpaired) electrons. The second-order valence-electron chi connectivity index (χ2n) is 4.08. The van der Waals surface area contributed by atoms with Crippen LogP contribution < -0.4 is 10.6 Å². The van der Waals surface area contributed by atoms with Crippen molar-refractivity contribution in [2.75, 3.05) is 6.54 Å². The highest BCUT2D eigenvalue weighted by Crippen LogP contribution is 2.13. The standard InChI is InChI=1S/C10H16N4O/c1-7(2)13-10(15)9-6-11-5-8-3-4-12-14(8)9/h3-4,7,9,11H,5-6H2,1-2H3,(H,13,15). The quantitative estimate of drug-likeness (QED) is 0.722. The smallest absolute Gasteiger partial charge is 0.246 e. The number of aromatic nitrogens is 2. The van der Waals surface area contributed by atoms with Crippen LogP contribution in [0.25, 0.3) is 0 Å². The van der Waals surface area contributed by atoms with Gasteiger partial charge in [0, 0.05) is 25.3 Å². The largest absolute Gasteiger partial charge is 0.352 e. The molecule has 1 amide bonds. The number of fused-ring (bicyclic) bond motifs is 1. The van der Waals surface area contributed by atoms with E-state index in [-0.39, 0.29) is 18.0 Å². The van der Waals surface area contributed by atoms with E-state index in [0.29, 0.717) is 6.54 Å². The van der Waals surface area contributed by atoms with Crippen LogP contribution in [0.15, 0.2) is 12.3 Å². The Kier molecular flexibility index (Phi) is 2.73. The molecule has 0 fully saturated rings. The number of rotatable bonds is 2. The van der Waals surface area contributed by atoms with Gasteiger partial charge in [-0.25, -0.2) is 0 Å². The number of hydrogen-bond donors (Lipinski definition) is 2. The number of hydrogen-bond acceptors (Lipinski definition) is 3. The molecule has 2 rings (SSSR count). The van der Waals surface area contributed by atoms with E-state index in [2.05, 4.69) is 15.7 Å². The molecule has 1 aromatic heterocycles. The summed E-state index contributed by atoms with van der Waals surface area (Å²) >= 11 is 0. The average molecular weight is 208 g/mol. The van der Waals surface area contributed by atoms with Gasteiger partial charge in [-0.1, -0.05) is 0 Å². The van der Waals surface area contributed by atoms with Gasteiger partial charge in [-0.05, 0) is 19.9 Å². The third kappa shape index (κ3) is 2.02. The summed E-state index contributed by atoms with van der Waals surface area (Å²) in [5.41, 5.74) is 1.06. The third-order valence-electron chi connectivity index (χ3n) is 2.42. The lowest BCUT2D eigenvalue weighted by Crippen LogP contribution is -2.44. The molecular formula is C10H16N4O. The van der Waals surface area contributed by atoms with E-state index in [1.807, 2.05) is 19.9 Å². The van der Waals surface area contributed by atoms with Crippen LogP contribution in [0.5, 0.6) is 0 Å². The number of carbonyl (C=O) groups excluding carboxylic acids is 1. The van der Waals surface area contributed by atoms with Crippen LogP contribution >= 0.6 is 0 Å². The van der Waals surface area contributed by atoms with Crippen LogP contribution in [0.4, 0.5) is 0 Å². The molecule has 5 heteroatoms. The summed E-state index contributed by atoms with van der Waals surface area (Å²) in [7, 11) is 0. The Labute approximate surface area is 88.8 Å². The molecule has 1 atom stereocenters. The van der Waals surface area contributed by atoms with Crippen LogP contribution in [0.2, 0.25) is 0 Å². The van der Waals surface area contributed by atoms with Crippen molar-refractivity contribution >= 4 is 5.91 Å². The van der Waals surface area contributed by atoms with Crippen molar-refractivity contribution in [1.82, 2.24) is 20.4 Å². The Morgan fingerprint density at radius 2 is 2.53 bits per heavy atom. The van der Waals surface area contributed by atoms with Gasteiger partial charge in [-0.2, -0.15) is 5.10 Å². The normalized spacial score (nSPS) is 20.1. The van der Waals surface area contributed by atoms with Crippen LogP contribution in [-0.2, 0) is 11.3 Å². The third-order valence-corrected chi connectivity index (χ3v) is 2.42. The molecule has 0 saturated carbocycles. The molecule has 0 spiro atoms. The summed E-state index contributed by atoms with van der Waals surface area (Å²) in [6.45, 7) is 5.34. The summed E-state index contributed by atoms with van der Waals surface area (Å²) in [6, 6.07) is 1.88. The zero-order chi connectivity index (χ0) is 10.8. The number of nitrogens with zero attached hydrogens (tertiary/aromatic N) is 2. The van der Waals surface area contributed by atoms with Crippen molar-refractivity contribution in [3.8, 4) is 0 Å². The molecule has 0 saturated heterocycles. The topological polar surface area (TPSA) is 59.0 Å². The predicted octanol–water partition coefficient (Wildman–Crippen LogP) is 0.0520. The fraction of sp³-hybridized carbons (Fsp3) is 0.600. The second-order valence-corrected chi connectivity index (χ2v) is 4.08. The summed E-state index contributed by atoms with van der Waals surface area (Å²) in [5.74, 6) is 0.0298. The van der Waals surface area contributed by atoms with Gasteiger partial charge >= 0.3 is 0 Å². The van der Waals surface area contributed by atoms with Crippen molar-refractivity contribution < 1.29 is 4.79 Å². The van der Waals surface area contributed by atoms with Crippen LogP contribution in [0.3, 0.4) is 0 Å². The Morgan fingerprint density at radius 1 is 1.73 bits per heavy atom. The maximum Gasteiger partial charge on any atom is 0.246 e. The average Bonchev–Trinajstić information content (AvgIpc) is 2.63. The predicted molar refractivity (Wildman–Crippen MR) is 56.2 cm³/mol. The van der Waals surface area contributed by atoms with E-state index in [1.165, 1.54) is 0 Å². The monoisotopic (exact) mass is 208 g/mol. The molecular weight excluding hydrogens is 192 g/mol. The first-order chi connectivity index (χ1) is 7.18. The highest BCUT2D eigenvalue weighted by Gasteiger charge is 2.26. The summed E-state index contributed by atoms with van der Waals surface area (Å²) in [4.78, 5) is 11.9. The highest BCUT2D eigenvalue weighted by molar-refractivity contribution is 5.80. The van der Waals surface area contributed by atoms with E-state index >= 15 is 0 Å². The Balaban J connectivity index is 2.15. The van der Waals surface area contributed by atoms with Gasteiger partial charge in [0.25, 0.3) is 0 Å². The van der Waals surface area contributed by atoms with Gasteiger partial charge in [-0.3, -0.25) is 9.48 Å². The second kappa shape index (κ2) is 4.02. The van der Waals surface area contributed by atoms with Gasteiger partial charge in [-0.15, -0.1) is 0 Å². The Hall–Kier alpha value is -1.36. The lowest BCUT2D eigenvalue weighted by atomic mass is 10.2. The van der Waals surface area contributed by atoms with Crippen molar-refractivity contribution in [3.05, 3.63) is 18.0 Å². The Morgan fingerprint density at radius 3 is 3.27 bits per heavy atom. The molecule has 0 aromatic carbocycles. The molecule has 1 aromatic rings. The molecule has 1 unspecified atom stereocenters. The molecule has 2 N–H and O–H groups in total. The van der Waals surface area contributed by atoms with Gasteiger partial charge in [0.2, 0.25) is 5.91 Å². The molecule has 0 aliphatic carbocycles. The lowest BCUT2D eigenvalue weighted by molar-refractivity contribution is -0.125. The fourth-order valence-corrected chi connectivity index (χ4v) is 1.77. The van der Waals surface area contributed by atoms with E-state index in [4.69, 9.17) is 0 Å². The first-order valence-corrected chi connectivity index (χ1v) is 5.22. The van der Waals surface area contributed by atoms with Crippen LogP contribution in [0, 0.1) is 0 Å². The van der Waals surface area contributed by atoms with E-state index in [9.17, 15) is 4.79 Å². The first kappa shape index (κ1) is 10.2.